The number of ether oxygens (including phenoxy) is 6. The maximum absolute atomic E-state index is 11.0. The molecule has 1 aliphatic carbocycles. The largest absolute Gasteiger partial charge is 0.497 e. The van der Waals surface area contributed by atoms with Gasteiger partial charge in [-0.25, -0.2) is 0 Å². The van der Waals surface area contributed by atoms with Gasteiger partial charge in [-0.1, -0.05) is 12.1 Å². The fraction of sp³-hybridized carbons (Fsp3) is 0.700. The Balaban J connectivity index is 1.53. The molecule has 7 heteroatoms. The Hall–Kier alpha value is -1.22. The van der Waals surface area contributed by atoms with E-state index < -0.39 is 42.1 Å². The van der Waals surface area contributed by atoms with Gasteiger partial charge in [0.1, 0.15) is 42.4 Å². The maximum atomic E-state index is 11.0. The topological polar surface area (TPSA) is 75.6 Å². The third-order valence-electron chi connectivity index (χ3n) is 5.25. The molecular formula is C20H28O7. The molecule has 1 aromatic rings. The average Bonchev–Trinajstić information content (AvgIpc) is 3.10. The first kappa shape index (κ1) is 19.1. The zero-order valence-electron chi connectivity index (χ0n) is 16.4. The molecule has 0 aromatic heterocycles. The predicted molar refractivity (Wildman–Crippen MR) is 95.2 cm³/mol. The minimum absolute atomic E-state index is 0.334. The van der Waals surface area contributed by atoms with Crippen molar-refractivity contribution in [1.82, 2.24) is 0 Å². The summed E-state index contributed by atoms with van der Waals surface area (Å²) >= 11 is 0. The maximum Gasteiger partial charge on any atom is 0.164 e. The summed E-state index contributed by atoms with van der Waals surface area (Å²) in [7, 11) is 1.63. The van der Waals surface area contributed by atoms with Crippen LogP contribution in [0.25, 0.3) is 0 Å². The summed E-state index contributed by atoms with van der Waals surface area (Å²) < 4.78 is 35.4. The molecule has 2 aliphatic heterocycles. The summed E-state index contributed by atoms with van der Waals surface area (Å²) in [6.45, 7) is 7.71. The van der Waals surface area contributed by atoms with Gasteiger partial charge < -0.3 is 33.5 Å². The van der Waals surface area contributed by atoms with E-state index in [4.69, 9.17) is 28.4 Å². The van der Waals surface area contributed by atoms with E-state index >= 15 is 0 Å². The van der Waals surface area contributed by atoms with Gasteiger partial charge in [0, 0.05) is 0 Å². The predicted octanol–water partition coefficient (Wildman–Crippen LogP) is 2.00. The molecule has 3 aliphatic rings. The van der Waals surface area contributed by atoms with E-state index in [2.05, 4.69) is 0 Å². The van der Waals surface area contributed by atoms with Crippen LogP contribution in [0.4, 0.5) is 0 Å². The molecule has 0 unspecified atom stereocenters. The first-order valence-electron chi connectivity index (χ1n) is 9.33. The number of fused-ring (bicyclic) bond motifs is 3. The molecule has 27 heavy (non-hydrogen) atoms. The minimum Gasteiger partial charge on any atom is -0.497 e. The molecule has 1 saturated carbocycles. The summed E-state index contributed by atoms with van der Waals surface area (Å²) in [5.74, 6) is -0.781. The van der Waals surface area contributed by atoms with Crippen LogP contribution in [0.2, 0.25) is 0 Å². The minimum atomic E-state index is -0.881. The highest BCUT2D eigenvalue weighted by molar-refractivity contribution is 5.26. The Morgan fingerprint density at radius 2 is 1.37 bits per heavy atom. The Kier molecular flexibility index (Phi) is 4.73. The van der Waals surface area contributed by atoms with E-state index in [1.807, 2.05) is 52.0 Å². The van der Waals surface area contributed by atoms with Crippen LogP contribution in [-0.2, 0) is 30.3 Å². The zero-order chi connectivity index (χ0) is 19.4. The Morgan fingerprint density at radius 1 is 0.852 bits per heavy atom. The number of aliphatic hydroxyl groups is 1. The molecule has 0 bridgehead atoms. The van der Waals surface area contributed by atoms with Gasteiger partial charge in [-0.3, -0.25) is 0 Å². The third-order valence-corrected chi connectivity index (χ3v) is 5.25. The standard InChI is InChI=1S/C20H28O7/c1-19(2)24-15-13(21)14(23-10-11-6-8-12(22-5)9-7-11)16-18(17(15)26-19)27-20(3,4)25-16/h6-9,13-18,21H,10H2,1-5H3/t13-,14-,15-,16+,17-,18-/m1/s1. The highest BCUT2D eigenvalue weighted by atomic mass is 16.8. The van der Waals surface area contributed by atoms with Crippen molar-refractivity contribution in [1.29, 1.82) is 0 Å². The second-order valence-corrected chi connectivity index (χ2v) is 8.24. The van der Waals surface area contributed by atoms with Crippen molar-refractivity contribution in [3.05, 3.63) is 29.8 Å². The van der Waals surface area contributed by atoms with Gasteiger partial charge in [0.15, 0.2) is 11.6 Å². The first-order valence-corrected chi connectivity index (χ1v) is 9.33. The lowest BCUT2D eigenvalue weighted by Crippen LogP contribution is -2.62. The first-order chi connectivity index (χ1) is 12.7. The molecule has 0 spiro atoms. The highest BCUT2D eigenvalue weighted by Gasteiger charge is 2.63. The van der Waals surface area contributed by atoms with E-state index in [0.29, 0.717) is 6.61 Å². The Bertz CT molecular complexity index is 671. The van der Waals surface area contributed by atoms with Gasteiger partial charge in [0.25, 0.3) is 0 Å². The van der Waals surface area contributed by atoms with Gasteiger partial charge in [-0.05, 0) is 45.4 Å². The van der Waals surface area contributed by atoms with Crippen molar-refractivity contribution in [3.8, 4) is 5.75 Å². The lowest BCUT2D eigenvalue weighted by molar-refractivity contribution is -0.196. The Morgan fingerprint density at radius 3 is 1.96 bits per heavy atom. The summed E-state index contributed by atoms with van der Waals surface area (Å²) in [5.41, 5.74) is 0.976. The van der Waals surface area contributed by atoms with Crippen LogP contribution < -0.4 is 4.74 Å². The fourth-order valence-corrected chi connectivity index (χ4v) is 4.15. The summed E-state index contributed by atoms with van der Waals surface area (Å²) in [6.07, 6.45) is -3.20. The number of rotatable bonds is 4. The molecule has 4 rings (SSSR count). The monoisotopic (exact) mass is 380 g/mol. The van der Waals surface area contributed by atoms with Crippen LogP contribution in [0.1, 0.15) is 33.3 Å². The molecule has 150 valence electrons. The van der Waals surface area contributed by atoms with Gasteiger partial charge in [-0.2, -0.15) is 0 Å². The van der Waals surface area contributed by atoms with Crippen molar-refractivity contribution >= 4 is 0 Å². The van der Waals surface area contributed by atoms with Gasteiger partial charge in [0.05, 0.1) is 13.7 Å². The zero-order valence-corrected chi connectivity index (χ0v) is 16.4. The van der Waals surface area contributed by atoms with Gasteiger partial charge >= 0.3 is 0 Å². The smallest absolute Gasteiger partial charge is 0.164 e. The normalized spacial score (nSPS) is 39.0. The fourth-order valence-electron chi connectivity index (χ4n) is 4.15. The van der Waals surface area contributed by atoms with Crippen molar-refractivity contribution in [2.45, 2.75) is 82.5 Å². The number of benzene rings is 1. The van der Waals surface area contributed by atoms with Crippen LogP contribution in [-0.4, -0.2) is 60.4 Å². The van der Waals surface area contributed by atoms with Crippen LogP contribution in [0.3, 0.4) is 0 Å². The Labute approximate surface area is 159 Å². The van der Waals surface area contributed by atoms with Crippen molar-refractivity contribution in [2.24, 2.45) is 0 Å². The van der Waals surface area contributed by atoms with Crippen molar-refractivity contribution in [2.75, 3.05) is 7.11 Å². The molecule has 1 aromatic carbocycles. The van der Waals surface area contributed by atoms with Crippen LogP contribution in [0, 0.1) is 0 Å². The number of methoxy groups -OCH3 is 1. The lowest BCUT2D eigenvalue weighted by atomic mass is 9.85. The van der Waals surface area contributed by atoms with E-state index in [-0.39, 0.29) is 6.10 Å². The molecule has 1 N–H and O–H groups in total. The third kappa shape index (κ3) is 3.60. The molecule has 2 saturated heterocycles. The second-order valence-electron chi connectivity index (χ2n) is 8.24. The summed E-state index contributed by atoms with van der Waals surface area (Å²) in [4.78, 5) is 0. The number of hydrogen-bond donors (Lipinski definition) is 1. The highest BCUT2D eigenvalue weighted by Crippen LogP contribution is 2.45. The van der Waals surface area contributed by atoms with E-state index in [1.54, 1.807) is 7.11 Å². The molecule has 3 fully saturated rings. The summed E-state index contributed by atoms with van der Waals surface area (Å²) in [6, 6.07) is 7.62. The molecule has 2 heterocycles. The lowest BCUT2D eigenvalue weighted by Gasteiger charge is -2.40. The van der Waals surface area contributed by atoms with E-state index in [1.165, 1.54) is 0 Å². The molecular weight excluding hydrogens is 352 g/mol. The number of hydrogen-bond acceptors (Lipinski definition) is 7. The van der Waals surface area contributed by atoms with Crippen LogP contribution in [0.15, 0.2) is 24.3 Å². The SMILES string of the molecule is COc1ccc(CO[C@@H]2[C@@H](O)[C@H]3OC(C)(C)O[C@H]3[C@@H]3OC(C)(C)O[C@H]32)cc1. The van der Waals surface area contributed by atoms with Gasteiger partial charge in [0.2, 0.25) is 0 Å². The van der Waals surface area contributed by atoms with Crippen LogP contribution in [0.5, 0.6) is 5.75 Å². The van der Waals surface area contributed by atoms with E-state index in [9.17, 15) is 5.11 Å². The molecule has 0 radical (unpaired) electrons. The van der Waals surface area contributed by atoms with Crippen molar-refractivity contribution < 1.29 is 33.5 Å². The molecule has 0 amide bonds. The van der Waals surface area contributed by atoms with E-state index in [0.717, 1.165) is 11.3 Å². The van der Waals surface area contributed by atoms with Crippen molar-refractivity contribution in [3.63, 3.8) is 0 Å². The quantitative estimate of drug-likeness (QED) is 0.856. The summed E-state index contributed by atoms with van der Waals surface area (Å²) in [5, 5.41) is 11.0. The van der Waals surface area contributed by atoms with Crippen LogP contribution >= 0.6 is 0 Å². The number of aliphatic hydroxyl groups excluding tert-OH is 1. The van der Waals surface area contributed by atoms with Gasteiger partial charge in [-0.15, -0.1) is 0 Å². The average molecular weight is 380 g/mol. The molecule has 7 nitrogen and oxygen atoms in total. The molecule has 6 atom stereocenters. The second kappa shape index (κ2) is 6.69.